The number of hydrogen-bond acceptors (Lipinski definition) is 4. The van der Waals surface area contributed by atoms with Crippen LogP contribution in [0.25, 0.3) is 22.2 Å². The molecule has 1 aliphatic heterocycles. The molecule has 0 radical (unpaired) electrons. The fourth-order valence-electron chi connectivity index (χ4n) is 3.82. The van der Waals surface area contributed by atoms with Gasteiger partial charge in [-0.1, -0.05) is 41.9 Å². The quantitative estimate of drug-likeness (QED) is 0.584. The van der Waals surface area contributed by atoms with Crippen LogP contribution in [-0.4, -0.2) is 60.0 Å². The molecule has 0 spiro atoms. The molecule has 1 aliphatic rings. The summed E-state index contributed by atoms with van der Waals surface area (Å²) in [5.74, 6) is -0.0315. The van der Waals surface area contributed by atoms with Gasteiger partial charge in [-0.3, -0.25) is 14.4 Å². The lowest BCUT2D eigenvalue weighted by Gasteiger charge is -2.26. The van der Waals surface area contributed by atoms with Crippen LogP contribution < -0.4 is 5.32 Å². The number of fused-ring (bicyclic) bond motifs is 1. The summed E-state index contributed by atoms with van der Waals surface area (Å²) in [6, 6.07) is 15.2. The number of carbonyl (C=O) groups is 1. The van der Waals surface area contributed by atoms with Crippen molar-refractivity contribution in [2.75, 3.05) is 39.4 Å². The zero-order chi connectivity index (χ0) is 20.9. The van der Waals surface area contributed by atoms with Crippen LogP contribution in [0.4, 0.5) is 0 Å². The Bertz CT molecular complexity index is 999. The van der Waals surface area contributed by atoms with E-state index in [1.165, 1.54) is 0 Å². The van der Waals surface area contributed by atoms with Crippen LogP contribution in [0.5, 0.6) is 0 Å². The molecule has 1 atom stereocenters. The van der Waals surface area contributed by atoms with Crippen molar-refractivity contribution in [1.82, 2.24) is 20.0 Å². The van der Waals surface area contributed by atoms with Crippen molar-refractivity contribution in [3.05, 3.63) is 53.6 Å². The third-order valence-electron chi connectivity index (χ3n) is 5.52. The predicted molar refractivity (Wildman–Crippen MR) is 120 cm³/mol. The average Bonchev–Trinajstić information content (AvgIpc) is 3.16. The summed E-state index contributed by atoms with van der Waals surface area (Å²) in [6.45, 7) is 7.03. The van der Waals surface area contributed by atoms with E-state index in [4.69, 9.17) is 21.4 Å². The molecule has 0 bridgehead atoms. The number of benzene rings is 2. The zero-order valence-corrected chi connectivity index (χ0v) is 17.9. The van der Waals surface area contributed by atoms with Crippen molar-refractivity contribution >= 4 is 28.4 Å². The van der Waals surface area contributed by atoms with Crippen molar-refractivity contribution < 1.29 is 9.53 Å². The molecule has 0 unspecified atom stereocenters. The maximum absolute atomic E-state index is 12.8. The Hall–Kier alpha value is -2.41. The number of halogens is 1. The van der Waals surface area contributed by atoms with Gasteiger partial charge < -0.3 is 10.1 Å². The first-order chi connectivity index (χ1) is 14.6. The van der Waals surface area contributed by atoms with E-state index in [1.807, 2.05) is 55.5 Å². The number of nitrogens with zero attached hydrogens (tertiary/aromatic N) is 3. The zero-order valence-electron chi connectivity index (χ0n) is 17.2. The molecule has 1 N–H and O–H groups in total. The summed E-state index contributed by atoms with van der Waals surface area (Å²) in [7, 11) is 0. The summed E-state index contributed by atoms with van der Waals surface area (Å²) < 4.78 is 7.17. The summed E-state index contributed by atoms with van der Waals surface area (Å²) in [6.07, 6.45) is 0.920. The van der Waals surface area contributed by atoms with Crippen molar-refractivity contribution in [2.45, 2.75) is 19.4 Å². The number of aromatic nitrogens is 2. The first-order valence-electron chi connectivity index (χ1n) is 10.4. The Morgan fingerprint density at radius 2 is 1.97 bits per heavy atom. The molecule has 6 nitrogen and oxygen atoms in total. The van der Waals surface area contributed by atoms with Crippen molar-refractivity contribution in [1.29, 1.82) is 0 Å². The topological polar surface area (TPSA) is 59.4 Å². The van der Waals surface area contributed by atoms with Crippen LogP contribution >= 0.6 is 11.6 Å². The van der Waals surface area contributed by atoms with Gasteiger partial charge in [-0.15, -0.1) is 0 Å². The van der Waals surface area contributed by atoms with Crippen LogP contribution in [0.15, 0.2) is 48.5 Å². The van der Waals surface area contributed by atoms with Gasteiger partial charge in [0.1, 0.15) is 11.7 Å². The largest absolute Gasteiger partial charge is 0.379 e. The number of carbonyl (C=O) groups excluding carboxylic acids is 1. The van der Waals surface area contributed by atoms with E-state index in [2.05, 4.69) is 10.2 Å². The Morgan fingerprint density at radius 3 is 2.73 bits per heavy atom. The summed E-state index contributed by atoms with van der Waals surface area (Å²) >= 11 is 6.25. The van der Waals surface area contributed by atoms with Gasteiger partial charge >= 0.3 is 0 Å². The number of amides is 1. The molecule has 0 saturated carbocycles. The molecule has 1 saturated heterocycles. The highest BCUT2D eigenvalue weighted by atomic mass is 35.5. The van der Waals surface area contributed by atoms with Gasteiger partial charge in [0.25, 0.3) is 0 Å². The second kappa shape index (κ2) is 9.60. The van der Waals surface area contributed by atoms with E-state index in [0.717, 1.165) is 61.4 Å². The summed E-state index contributed by atoms with van der Waals surface area (Å²) in [5.41, 5.74) is 2.73. The van der Waals surface area contributed by atoms with Gasteiger partial charge in [-0.25, -0.2) is 0 Å². The van der Waals surface area contributed by atoms with E-state index >= 15 is 0 Å². The van der Waals surface area contributed by atoms with Crippen LogP contribution in [0.2, 0.25) is 5.02 Å². The van der Waals surface area contributed by atoms with E-state index < -0.39 is 6.04 Å². The molecule has 1 fully saturated rings. The predicted octanol–water partition coefficient (Wildman–Crippen LogP) is 3.76. The van der Waals surface area contributed by atoms with Crippen molar-refractivity contribution in [2.24, 2.45) is 0 Å². The fraction of sp³-hybridized carbons (Fsp3) is 0.391. The van der Waals surface area contributed by atoms with Gasteiger partial charge in [0.2, 0.25) is 5.91 Å². The number of hydrogen-bond donors (Lipinski definition) is 1. The van der Waals surface area contributed by atoms with Gasteiger partial charge in [0.15, 0.2) is 0 Å². The Balaban J connectivity index is 1.47. The SMILES string of the molecule is C[C@@H](C(=O)NCCCN1CCOCC1)n1nc(-c2ccccc2)c2cc(Cl)ccc21. The molecular formula is C23H27ClN4O2. The van der Waals surface area contributed by atoms with Crippen molar-refractivity contribution in [3.8, 4) is 11.3 Å². The third kappa shape index (κ3) is 4.67. The fourth-order valence-corrected chi connectivity index (χ4v) is 3.99. The molecule has 2 aromatic carbocycles. The van der Waals surface area contributed by atoms with E-state index in [0.29, 0.717) is 11.6 Å². The lowest BCUT2D eigenvalue weighted by molar-refractivity contribution is -0.124. The second-order valence-corrected chi connectivity index (χ2v) is 8.03. The molecule has 1 aromatic heterocycles. The molecule has 2 heterocycles. The lowest BCUT2D eigenvalue weighted by Crippen LogP contribution is -2.38. The molecular weight excluding hydrogens is 400 g/mol. The van der Waals surface area contributed by atoms with E-state index in [1.54, 1.807) is 4.68 Å². The summed E-state index contributed by atoms with van der Waals surface area (Å²) in [5, 5.41) is 9.46. The maximum atomic E-state index is 12.8. The molecule has 1 amide bonds. The number of nitrogens with one attached hydrogen (secondary N) is 1. The minimum atomic E-state index is -0.422. The number of morpholine rings is 1. The lowest BCUT2D eigenvalue weighted by atomic mass is 10.1. The minimum Gasteiger partial charge on any atom is -0.379 e. The first-order valence-corrected chi connectivity index (χ1v) is 10.8. The molecule has 30 heavy (non-hydrogen) atoms. The van der Waals surface area contributed by atoms with E-state index in [-0.39, 0.29) is 5.91 Å². The minimum absolute atomic E-state index is 0.0315. The standard InChI is InChI=1S/C23H27ClN4O2/c1-17(23(29)25-10-5-11-27-12-14-30-15-13-27)28-21-9-8-19(24)16-20(21)22(26-28)18-6-3-2-4-7-18/h2-4,6-9,16-17H,5,10-15H2,1H3,(H,25,29)/t17-/m0/s1. The van der Waals surface area contributed by atoms with Crippen LogP contribution in [0, 0.1) is 0 Å². The molecule has 4 rings (SSSR count). The second-order valence-electron chi connectivity index (χ2n) is 7.60. The molecule has 158 valence electrons. The third-order valence-corrected chi connectivity index (χ3v) is 5.75. The highest BCUT2D eigenvalue weighted by molar-refractivity contribution is 6.31. The van der Waals surface area contributed by atoms with Gasteiger partial charge in [-0.2, -0.15) is 5.10 Å². The van der Waals surface area contributed by atoms with Gasteiger partial charge in [0.05, 0.1) is 18.7 Å². The van der Waals surface area contributed by atoms with Crippen LogP contribution in [-0.2, 0) is 9.53 Å². The van der Waals surface area contributed by atoms with Gasteiger partial charge in [0, 0.05) is 35.6 Å². The Labute approximate surface area is 181 Å². The van der Waals surface area contributed by atoms with Crippen LogP contribution in [0.1, 0.15) is 19.4 Å². The Morgan fingerprint density at radius 1 is 1.20 bits per heavy atom. The monoisotopic (exact) mass is 426 g/mol. The van der Waals surface area contributed by atoms with Crippen LogP contribution in [0.3, 0.4) is 0 Å². The van der Waals surface area contributed by atoms with Crippen molar-refractivity contribution in [3.63, 3.8) is 0 Å². The highest BCUT2D eigenvalue weighted by Crippen LogP contribution is 2.31. The Kier molecular flexibility index (Phi) is 6.67. The molecule has 7 heteroatoms. The average molecular weight is 427 g/mol. The maximum Gasteiger partial charge on any atom is 0.244 e. The molecule has 3 aromatic rings. The normalized spacial score (nSPS) is 15.9. The van der Waals surface area contributed by atoms with E-state index in [9.17, 15) is 4.79 Å². The number of ether oxygens (including phenoxy) is 1. The first kappa shape index (κ1) is 20.8. The smallest absolute Gasteiger partial charge is 0.244 e. The summed E-state index contributed by atoms with van der Waals surface area (Å²) in [4.78, 5) is 15.2. The van der Waals surface area contributed by atoms with Gasteiger partial charge in [-0.05, 0) is 38.1 Å². The number of rotatable bonds is 7. The highest BCUT2D eigenvalue weighted by Gasteiger charge is 2.21. The molecule has 0 aliphatic carbocycles.